The molecule has 2 aromatic rings. The fourth-order valence-electron chi connectivity index (χ4n) is 2.33. The van der Waals surface area contributed by atoms with Crippen molar-refractivity contribution in [3.05, 3.63) is 52.0 Å². The third kappa shape index (κ3) is 4.20. The standard InChI is InChI=1S/C16H17N3O5S2/c1-11-17-14(10-25-11)15(20)18-26(22,23)13-7-19(8-13)16(21)24-9-12-5-3-2-4-6-12/h2-6,10,13H,7-9H2,1H3,(H,18,20). The van der Waals surface area contributed by atoms with Gasteiger partial charge in [-0.2, -0.15) is 0 Å². The van der Waals surface area contributed by atoms with Crippen LogP contribution in [0.4, 0.5) is 4.79 Å². The smallest absolute Gasteiger partial charge is 0.410 e. The third-order valence-electron chi connectivity index (χ3n) is 3.84. The molecule has 3 rings (SSSR count). The van der Waals surface area contributed by atoms with Crippen molar-refractivity contribution in [3.63, 3.8) is 0 Å². The van der Waals surface area contributed by atoms with E-state index in [0.717, 1.165) is 5.56 Å². The highest BCUT2D eigenvalue weighted by atomic mass is 32.2. The van der Waals surface area contributed by atoms with E-state index in [1.807, 2.05) is 35.1 Å². The third-order valence-corrected chi connectivity index (χ3v) is 6.26. The van der Waals surface area contributed by atoms with Crippen LogP contribution >= 0.6 is 11.3 Å². The van der Waals surface area contributed by atoms with Gasteiger partial charge in [0.2, 0.25) is 10.0 Å². The number of rotatable bonds is 5. The second kappa shape index (κ2) is 7.42. The van der Waals surface area contributed by atoms with Crippen molar-refractivity contribution in [1.82, 2.24) is 14.6 Å². The largest absolute Gasteiger partial charge is 0.445 e. The number of hydrogen-bond donors (Lipinski definition) is 1. The maximum Gasteiger partial charge on any atom is 0.410 e. The fraction of sp³-hybridized carbons (Fsp3) is 0.312. The second-order valence-electron chi connectivity index (χ2n) is 5.80. The summed E-state index contributed by atoms with van der Waals surface area (Å²) < 4.78 is 31.6. The van der Waals surface area contributed by atoms with Gasteiger partial charge < -0.3 is 9.64 Å². The van der Waals surface area contributed by atoms with Crippen LogP contribution in [0, 0.1) is 6.92 Å². The number of benzene rings is 1. The van der Waals surface area contributed by atoms with E-state index in [-0.39, 0.29) is 25.4 Å². The Morgan fingerprint density at radius 3 is 2.62 bits per heavy atom. The van der Waals surface area contributed by atoms with E-state index >= 15 is 0 Å². The van der Waals surface area contributed by atoms with E-state index < -0.39 is 27.3 Å². The molecule has 26 heavy (non-hydrogen) atoms. The molecule has 2 amide bonds. The van der Waals surface area contributed by atoms with Gasteiger partial charge in [0, 0.05) is 18.5 Å². The van der Waals surface area contributed by atoms with Crippen LogP contribution in [0.15, 0.2) is 35.7 Å². The summed E-state index contributed by atoms with van der Waals surface area (Å²) >= 11 is 1.26. The summed E-state index contributed by atoms with van der Waals surface area (Å²) in [6.07, 6.45) is -0.582. The lowest BCUT2D eigenvalue weighted by Gasteiger charge is -2.37. The quantitative estimate of drug-likeness (QED) is 0.823. The molecule has 0 saturated carbocycles. The first-order valence-electron chi connectivity index (χ1n) is 7.79. The van der Waals surface area contributed by atoms with Gasteiger partial charge in [-0.25, -0.2) is 22.9 Å². The highest BCUT2D eigenvalue weighted by Crippen LogP contribution is 2.18. The van der Waals surface area contributed by atoms with Crippen molar-refractivity contribution in [3.8, 4) is 0 Å². The Balaban J connectivity index is 1.48. The average Bonchev–Trinajstić information content (AvgIpc) is 2.98. The Morgan fingerprint density at radius 2 is 2.00 bits per heavy atom. The molecule has 0 unspecified atom stereocenters. The first kappa shape index (κ1) is 18.3. The van der Waals surface area contributed by atoms with Crippen molar-refractivity contribution < 1.29 is 22.7 Å². The van der Waals surface area contributed by atoms with Gasteiger partial charge in [-0.05, 0) is 12.5 Å². The van der Waals surface area contributed by atoms with Crippen molar-refractivity contribution in [2.24, 2.45) is 0 Å². The normalized spacial score (nSPS) is 14.6. The predicted molar refractivity (Wildman–Crippen MR) is 95.2 cm³/mol. The number of carbonyl (C=O) groups is 2. The molecular formula is C16H17N3O5S2. The number of likely N-dealkylation sites (tertiary alicyclic amines) is 1. The van der Waals surface area contributed by atoms with Crippen molar-refractivity contribution >= 4 is 33.4 Å². The lowest BCUT2D eigenvalue weighted by atomic mass is 10.2. The number of sulfonamides is 1. The van der Waals surface area contributed by atoms with Crippen LogP contribution in [0.3, 0.4) is 0 Å². The molecule has 1 aliphatic heterocycles. The van der Waals surface area contributed by atoms with Gasteiger partial charge in [0.25, 0.3) is 5.91 Å². The summed E-state index contributed by atoms with van der Waals surface area (Å²) in [6, 6.07) is 9.18. The molecule has 138 valence electrons. The highest BCUT2D eigenvalue weighted by molar-refractivity contribution is 7.90. The summed E-state index contributed by atoms with van der Waals surface area (Å²) in [5, 5.41) is 1.31. The number of aryl methyl sites for hydroxylation is 1. The average molecular weight is 395 g/mol. The molecular weight excluding hydrogens is 378 g/mol. The number of nitrogens with one attached hydrogen (secondary N) is 1. The SMILES string of the molecule is Cc1nc(C(=O)NS(=O)(=O)C2CN(C(=O)OCc3ccccc3)C2)cs1. The van der Waals surface area contributed by atoms with Gasteiger partial charge in [0.05, 0.1) is 5.01 Å². The van der Waals surface area contributed by atoms with Crippen molar-refractivity contribution in [2.45, 2.75) is 18.8 Å². The van der Waals surface area contributed by atoms with Crippen LogP contribution in [0.1, 0.15) is 21.1 Å². The van der Waals surface area contributed by atoms with Gasteiger partial charge in [0.15, 0.2) is 0 Å². The molecule has 1 fully saturated rings. The van der Waals surface area contributed by atoms with Crippen LogP contribution < -0.4 is 4.72 Å². The number of ether oxygens (including phenoxy) is 1. The van der Waals surface area contributed by atoms with Gasteiger partial charge in [-0.1, -0.05) is 30.3 Å². The number of amides is 2. The zero-order valence-corrected chi connectivity index (χ0v) is 15.5. The molecule has 0 aliphatic carbocycles. The molecule has 1 N–H and O–H groups in total. The predicted octanol–water partition coefficient (Wildman–Crippen LogP) is 1.53. The van der Waals surface area contributed by atoms with Crippen LogP contribution in [0.2, 0.25) is 0 Å². The number of hydrogen-bond acceptors (Lipinski definition) is 7. The molecule has 0 atom stereocenters. The van der Waals surface area contributed by atoms with E-state index in [4.69, 9.17) is 4.74 Å². The molecule has 10 heteroatoms. The molecule has 1 aromatic heterocycles. The molecule has 0 spiro atoms. The maximum absolute atomic E-state index is 12.2. The minimum atomic E-state index is -3.88. The van der Waals surface area contributed by atoms with Gasteiger partial charge >= 0.3 is 6.09 Å². The topological polar surface area (TPSA) is 106 Å². The number of carbonyl (C=O) groups excluding carboxylic acids is 2. The van der Waals surface area contributed by atoms with Crippen molar-refractivity contribution in [2.75, 3.05) is 13.1 Å². The lowest BCUT2D eigenvalue weighted by molar-refractivity contribution is 0.0765. The molecule has 1 aliphatic rings. The van der Waals surface area contributed by atoms with Crippen LogP contribution in [-0.2, 0) is 21.4 Å². The van der Waals surface area contributed by atoms with E-state index in [0.29, 0.717) is 5.01 Å². The molecule has 8 nitrogen and oxygen atoms in total. The Bertz CT molecular complexity index is 905. The summed E-state index contributed by atoms with van der Waals surface area (Å²) in [4.78, 5) is 29.1. The zero-order chi connectivity index (χ0) is 18.7. The Hall–Kier alpha value is -2.46. The maximum atomic E-state index is 12.2. The number of nitrogens with zero attached hydrogens (tertiary/aromatic N) is 2. The number of aromatic nitrogens is 1. The van der Waals surface area contributed by atoms with E-state index in [1.54, 1.807) is 6.92 Å². The monoisotopic (exact) mass is 395 g/mol. The van der Waals surface area contributed by atoms with Crippen LogP contribution in [0.5, 0.6) is 0 Å². The summed E-state index contributed by atoms with van der Waals surface area (Å²) in [5.74, 6) is -0.764. The van der Waals surface area contributed by atoms with Gasteiger partial charge in [0.1, 0.15) is 17.6 Å². The van der Waals surface area contributed by atoms with Gasteiger partial charge in [-0.15, -0.1) is 11.3 Å². The summed E-state index contributed by atoms with van der Waals surface area (Å²) in [5.41, 5.74) is 0.908. The molecule has 2 heterocycles. The Kier molecular flexibility index (Phi) is 5.23. The summed E-state index contributed by atoms with van der Waals surface area (Å²) in [6.45, 7) is 1.80. The van der Waals surface area contributed by atoms with Crippen molar-refractivity contribution in [1.29, 1.82) is 0 Å². The first-order chi connectivity index (χ1) is 12.3. The van der Waals surface area contributed by atoms with E-state index in [9.17, 15) is 18.0 Å². The molecule has 1 aromatic carbocycles. The Morgan fingerprint density at radius 1 is 1.31 bits per heavy atom. The summed E-state index contributed by atoms with van der Waals surface area (Å²) in [7, 11) is -3.88. The number of thiazole rings is 1. The van der Waals surface area contributed by atoms with Gasteiger partial charge in [-0.3, -0.25) is 4.79 Å². The fourth-order valence-corrected chi connectivity index (χ4v) is 4.20. The Labute approximate surface area is 154 Å². The van der Waals surface area contributed by atoms with Crippen LogP contribution in [0.25, 0.3) is 0 Å². The molecule has 0 bridgehead atoms. The molecule has 0 radical (unpaired) electrons. The van der Waals surface area contributed by atoms with E-state index in [2.05, 4.69) is 4.98 Å². The lowest BCUT2D eigenvalue weighted by Crippen LogP contribution is -2.60. The zero-order valence-electron chi connectivity index (χ0n) is 13.9. The highest BCUT2D eigenvalue weighted by Gasteiger charge is 2.41. The minimum absolute atomic E-state index is 0.0215. The minimum Gasteiger partial charge on any atom is -0.445 e. The first-order valence-corrected chi connectivity index (χ1v) is 10.2. The second-order valence-corrected chi connectivity index (χ2v) is 8.82. The molecule has 1 saturated heterocycles. The van der Waals surface area contributed by atoms with Crippen LogP contribution in [-0.4, -0.2) is 48.6 Å². The van der Waals surface area contributed by atoms with E-state index in [1.165, 1.54) is 21.6 Å².